The number of aromatic nitrogens is 3. The van der Waals surface area contributed by atoms with Crippen molar-refractivity contribution in [2.45, 2.75) is 38.1 Å². The van der Waals surface area contributed by atoms with Crippen LogP contribution in [0.1, 0.15) is 47.7 Å². The fourth-order valence-corrected chi connectivity index (χ4v) is 4.17. The van der Waals surface area contributed by atoms with Crippen LogP contribution in [0.25, 0.3) is 10.9 Å². The minimum Gasteiger partial charge on any atom is -0.360 e. The van der Waals surface area contributed by atoms with Crippen LogP contribution < -0.4 is 5.56 Å². The molecule has 2 fully saturated rings. The standard InChI is InChI=1S/C22H24N4O2/c27-21-8-7-19(16-5-6-16)24-26(21)14-15-9-11-25(12-10-15)22(28)18-13-23-20-4-2-1-3-17(18)20/h1-4,7-8,13,15-16,23H,5-6,9-12,14H2. The minimum absolute atomic E-state index is 0.0262. The zero-order valence-electron chi connectivity index (χ0n) is 15.8. The fourth-order valence-electron chi connectivity index (χ4n) is 4.17. The molecule has 6 nitrogen and oxygen atoms in total. The predicted molar refractivity (Wildman–Crippen MR) is 107 cm³/mol. The number of H-pyrrole nitrogens is 1. The number of aromatic amines is 1. The van der Waals surface area contributed by atoms with E-state index >= 15 is 0 Å². The zero-order valence-corrected chi connectivity index (χ0v) is 15.8. The molecule has 1 saturated carbocycles. The van der Waals surface area contributed by atoms with Crippen molar-refractivity contribution in [1.82, 2.24) is 19.7 Å². The van der Waals surface area contributed by atoms with E-state index in [9.17, 15) is 9.59 Å². The molecule has 3 heterocycles. The van der Waals surface area contributed by atoms with E-state index in [1.807, 2.05) is 41.4 Å². The topological polar surface area (TPSA) is 71.0 Å². The number of rotatable bonds is 4. The van der Waals surface area contributed by atoms with Gasteiger partial charge < -0.3 is 9.88 Å². The van der Waals surface area contributed by atoms with Crippen molar-refractivity contribution in [3.8, 4) is 0 Å². The largest absolute Gasteiger partial charge is 0.360 e. The molecule has 1 N–H and O–H groups in total. The van der Waals surface area contributed by atoms with Crippen molar-refractivity contribution in [3.05, 3.63) is 64.2 Å². The minimum atomic E-state index is -0.0262. The maximum atomic E-state index is 13.0. The van der Waals surface area contributed by atoms with E-state index in [-0.39, 0.29) is 11.5 Å². The number of hydrogen-bond donors (Lipinski definition) is 1. The molecule has 1 aliphatic heterocycles. The molecule has 1 amide bonds. The van der Waals surface area contributed by atoms with E-state index in [1.165, 1.54) is 12.8 Å². The van der Waals surface area contributed by atoms with E-state index in [2.05, 4.69) is 10.1 Å². The van der Waals surface area contributed by atoms with Crippen LogP contribution in [0, 0.1) is 5.92 Å². The molecule has 1 saturated heterocycles. The highest BCUT2D eigenvalue weighted by atomic mass is 16.2. The molecule has 6 heteroatoms. The summed E-state index contributed by atoms with van der Waals surface area (Å²) in [6, 6.07) is 11.4. The number of hydrogen-bond acceptors (Lipinski definition) is 3. The summed E-state index contributed by atoms with van der Waals surface area (Å²) in [6.45, 7) is 2.09. The summed E-state index contributed by atoms with van der Waals surface area (Å²) < 4.78 is 1.63. The average Bonchev–Trinajstić information content (AvgIpc) is 3.49. The van der Waals surface area contributed by atoms with Gasteiger partial charge in [0.1, 0.15) is 0 Å². The molecule has 1 aliphatic carbocycles. The number of fused-ring (bicyclic) bond motifs is 1. The number of nitrogens with zero attached hydrogens (tertiary/aromatic N) is 3. The van der Waals surface area contributed by atoms with E-state index in [1.54, 1.807) is 10.7 Å². The molecule has 144 valence electrons. The molecule has 0 bridgehead atoms. The third-order valence-corrected chi connectivity index (χ3v) is 6.04. The van der Waals surface area contributed by atoms with Gasteiger partial charge in [-0.15, -0.1) is 0 Å². The lowest BCUT2D eigenvalue weighted by Gasteiger charge is -2.32. The van der Waals surface area contributed by atoms with Crippen molar-refractivity contribution in [1.29, 1.82) is 0 Å². The van der Waals surface area contributed by atoms with Gasteiger partial charge in [-0.05, 0) is 43.7 Å². The highest BCUT2D eigenvalue weighted by Crippen LogP contribution is 2.38. The van der Waals surface area contributed by atoms with E-state index in [0.717, 1.165) is 48.1 Å². The molecule has 0 radical (unpaired) electrons. The molecule has 0 unspecified atom stereocenters. The molecule has 28 heavy (non-hydrogen) atoms. The number of benzene rings is 1. The first-order chi connectivity index (χ1) is 13.7. The smallest absolute Gasteiger partial charge is 0.266 e. The van der Waals surface area contributed by atoms with Crippen LogP contribution in [-0.2, 0) is 6.54 Å². The van der Waals surface area contributed by atoms with Crippen molar-refractivity contribution >= 4 is 16.8 Å². The SMILES string of the molecule is O=C(c1c[nH]c2ccccc12)N1CCC(Cn2nc(C3CC3)ccc2=O)CC1. The Morgan fingerprint density at radius 3 is 2.64 bits per heavy atom. The highest BCUT2D eigenvalue weighted by Gasteiger charge is 2.28. The second-order valence-corrected chi connectivity index (χ2v) is 8.04. The number of carbonyl (C=O) groups excluding carboxylic acids is 1. The molecule has 1 aromatic carbocycles. The van der Waals surface area contributed by atoms with Crippen LogP contribution >= 0.6 is 0 Å². The Morgan fingerprint density at radius 2 is 1.86 bits per heavy atom. The summed E-state index contributed by atoms with van der Waals surface area (Å²) in [5.41, 5.74) is 2.75. The van der Waals surface area contributed by atoms with Crippen molar-refractivity contribution in [2.75, 3.05) is 13.1 Å². The summed E-state index contributed by atoms with van der Waals surface area (Å²) in [7, 11) is 0. The number of piperidine rings is 1. The second-order valence-electron chi connectivity index (χ2n) is 8.04. The molecule has 2 aromatic heterocycles. The van der Waals surface area contributed by atoms with E-state index in [4.69, 9.17) is 0 Å². The van der Waals surface area contributed by atoms with Gasteiger partial charge in [-0.25, -0.2) is 4.68 Å². The summed E-state index contributed by atoms with van der Waals surface area (Å²) in [4.78, 5) is 30.2. The number of amides is 1. The number of carbonyl (C=O) groups is 1. The lowest BCUT2D eigenvalue weighted by atomic mass is 9.96. The Morgan fingerprint density at radius 1 is 1.07 bits per heavy atom. The van der Waals surface area contributed by atoms with Crippen LogP contribution in [0.2, 0.25) is 0 Å². The first-order valence-corrected chi connectivity index (χ1v) is 10.1. The maximum absolute atomic E-state index is 13.0. The van der Waals surface area contributed by atoms with Crippen LogP contribution in [0.3, 0.4) is 0 Å². The molecule has 0 atom stereocenters. The maximum Gasteiger partial charge on any atom is 0.266 e. The Bertz CT molecular complexity index is 1070. The summed E-state index contributed by atoms with van der Waals surface area (Å²) in [6.07, 6.45) is 5.97. The second kappa shape index (κ2) is 6.93. The van der Waals surface area contributed by atoms with Gasteiger partial charge in [0.05, 0.1) is 11.3 Å². The van der Waals surface area contributed by atoms with Gasteiger partial charge in [-0.2, -0.15) is 5.10 Å². The predicted octanol–water partition coefficient (Wildman–Crippen LogP) is 3.15. The van der Waals surface area contributed by atoms with Gasteiger partial charge in [-0.3, -0.25) is 9.59 Å². The van der Waals surface area contributed by atoms with E-state index in [0.29, 0.717) is 18.4 Å². The molecular formula is C22H24N4O2. The van der Waals surface area contributed by atoms with Crippen LogP contribution in [0.15, 0.2) is 47.4 Å². The molecular weight excluding hydrogens is 352 g/mol. The van der Waals surface area contributed by atoms with Gasteiger partial charge in [0.2, 0.25) is 0 Å². The number of likely N-dealkylation sites (tertiary alicyclic amines) is 1. The van der Waals surface area contributed by atoms with Gasteiger partial charge in [-0.1, -0.05) is 18.2 Å². The Hall–Kier alpha value is -2.89. The molecule has 2 aliphatic rings. The molecule has 0 spiro atoms. The van der Waals surface area contributed by atoms with Gasteiger partial charge in [0.15, 0.2) is 0 Å². The van der Waals surface area contributed by atoms with Crippen LogP contribution in [-0.4, -0.2) is 38.7 Å². The van der Waals surface area contributed by atoms with Gasteiger partial charge in [0.25, 0.3) is 11.5 Å². The Kier molecular flexibility index (Phi) is 4.26. The van der Waals surface area contributed by atoms with E-state index < -0.39 is 0 Å². The Labute approximate surface area is 163 Å². The van der Waals surface area contributed by atoms with Crippen molar-refractivity contribution in [2.24, 2.45) is 5.92 Å². The first kappa shape index (κ1) is 17.2. The number of nitrogens with one attached hydrogen (secondary N) is 1. The Balaban J connectivity index is 1.25. The average molecular weight is 376 g/mol. The third-order valence-electron chi connectivity index (χ3n) is 6.04. The first-order valence-electron chi connectivity index (χ1n) is 10.1. The molecule has 5 rings (SSSR count). The number of para-hydroxylation sites is 1. The normalized spacial score (nSPS) is 17.9. The fraction of sp³-hybridized carbons (Fsp3) is 0.409. The summed E-state index contributed by atoms with van der Waals surface area (Å²) >= 11 is 0. The lowest BCUT2D eigenvalue weighted by molar-refractivity contribution is 0.0682. The quantitative estimate of drug-likeness (QED) is 0.760. The highest BCUT2D eigenvalue weighted by molar-refractivity contribution is 6.06. The van der Waals surface area contributed by atoms with Gasteiger partial charge in [0, 0.05) is 48.7 Å². The third kappa shape index (κ3) is 3.23. The van der Waals surface area contributed by atoms with Crippen LogP contribution in [0.5, 0.6) is 0 Å². The molecule has 3 aromatic rings. The van der Waals surface area contributed by atoms with Crippen molar-refractivity contribution in [3.63, 3.8) is 0 Å². The van der Waals surface area contributed by atoms with Crippen molar-refractivity contribution < 1.29 is 4.79 Å². The monoisotopic (exact) mass is 376 g/mol. The zero-order chi connectivity index (χ0) is 19.1. The summed E-state index contributed by atoms with van der Waals surface area (Å²) in [5.74, 6) is 1.01. The van der Waals surface area contributed by atoms with Crippen LogP contribution in [0.4, 0.5) is 0 Å². The van der Waals surface area contributed by atoms with Gasteiger partial charge >= 0.3 is 0 Å². The summed E-state index contributed by atoms with van der Waals surface area (Å²) in [5, 5.41) is 5.55. The lowest BCUT2D eigenvalue weighted by Crippen LogP contribution is -2.40.